The van der Waals surface area contributed by atoms with Crippen LogP contribution in [0.25, 0.3) is 0 Å². The number of alkyl halides is 3. The molecule has 2 rings (SSSR count). The third-order valence-corrected chi connectivity index (χ3v) is 4.28. The Morgan fingerprint density at radius 3 is 2.67 bits per heavy atom. The molecule has 1 nitrogen and oxygen atoms in total. The van der Waals surface area contributed by atoms with Crippen LogP contribution in [0.2, 0.25) is 5.02 Å². The summed E-state index contributed by atoms with van der Waals surface area (Å²) in [4.78, 5) is 12.1. The molecule has 1 aliphatic carbocycles. The zero-order valence-corrected chi connectivity index (χ0v) is 12.0. The zero-order valence-electron chi connectivity index (χ0n) is 11.2. The minimum Gasteiger partial charge on any atom is -0.299 e. The van der Waals surface area contributed by atoms with Crippen molar-refractivity contribution in [1.29, 1.82) is 0 Å². The maximum absolute atomic E-state index is 13.7. The normalized spacial score (nSPS) is 23.1. The fourth-order valence-corrected chi connectivity index (χ4v) is 2.99. The molecule has 0 bridgehead atoms. The second-order valence-corrected chi connectivity index (χ2v) is 5.87. The Kier molecular flexibility index (Phi) is 4.91. The van der Waals surface area contributed by atoms with E-state index in [1.807, 2.05) is 0 Å². The number of benzene rings is 1. The van der Waals surface area contributed by atoms with Crippen molar-refractivity contribution in [2.75, 3.05) is 0 Å². The highest BCUT2D eigenvalue weighted by molar-refractivity contribution is 6.30. The average Bonchev–Trinajstić information content (AvgIpc) is 2.43. The fourth-order valence-electron chi connectivity index (χ4n) is 2.80. The van der Waals surface area contributed by atoms with Crippen molar-refractivity contribution in [3.05, 3.63) is 34.6 Å². The summed E-state index contributed by atoms with van der Waals surface area (Å²) in [5.41, 5.74) is 0.140. The van der Waals surface area contributed by atoms with Gasteiger partial charge in [0.15, 0.2) is 0 Å². The summed E-state index contributed by atoms with van der Waals surface area (Å²) in [5.74, 6) is -3.09. The third kappa shape index (κ3) is 3.96. The monoisotopic (exact) mass is 322 g/mol. The summed E-state index contributed by atoms with van der Waals surface area (Å²) >= 11 is 5.63. The van der Waals surface area contributed by atoms with Gasteiger partial charge in [0.05, 0.1) is 10.9 Å². The topological polar surface area (TPSA) is 17.1 Å². The fraction of sp³-hybridized carbons (Fsp3) is 0.533. The highest BCUT2D eigenvalue weighted by Crippen LogP contribution is 2.40. The molecule has 2 unspecified atom stereocenters. The van der Waals surface area contributed by atoms with E-state index in [-0.39, 0.29) is 35.6 Å². The van der Waals surface area contributed by atoms with Gasteiger partial charge >= 0.3 is 6.18 Å². The van der Waals surface area contributed by atoms with Gasteiger partial charge < -0.3 is 0 Å². The molecule has 116 valence electrons. The van der Waals surface area contributed by atoms with E-state index in [1.54, 1.807) is 0 Å². The molecule has 0 amide bonds. The Morgan fingerprint density at radius 1 is 1.29 bits per heavy atom. The molecule has 1 saturated carbocycles. The van der Waals surface area contributed by atoms with E-state index in [4.69, 9.17) is 11.6 Å². The van der Waals surface area contributed by atoms with Gasteiger partial charge in [-0.3, -0.25) is 4.79 Å². The van der Waals surface area contributed by atoms with E-state index in [0.717, 1.165) is 0 Å². The molecular weight excluding hydrogens is 308 g/mol. The van der Waals surface area contributed by atoms with Crippen LogP contribution in [0.3, 0.4) is 0 Å². The van der Waals surface area contributed by atoms with Gasteiger partial charge in [0, 0.05) is 12.3 Å². The number of hydrogen-bond donors (Lipinski definition) is 0. The first-order valence-electron chi connectivity index (χ1n) is 6.81. The van der Waals surface area contributed by atoms with E-state index in [2.05, 4.69) is 0 Å². The molecule has 0 N–H and O–H groups in total. The molecule has 0 aliphatic heterocycles. The van der Waals surface area contributed by atoms with Crippen molar-refractivity contribution >= 4 is 17.4 Å². The molecule has 0 aromatic heterocycles. The van der Waals surface area contributed by atoms with E-state index in [0.29, 0.717) is 12.8 Å². The molecule has 21 heavy (non-hydrogen) atoms. The van der Waals surface area contributed by atoms with Gasteiger partial charge in [-0.2, -0.15) is 13.2 Å². The maximum Gasteiger partial charge on any atom is 0.391 e. The molecule has 1 aliphatic rings. The third-order valence-electron chi connectivity index (χ3n) is 3.99. The number of Topliss-reactive ketones (excluding diaryl/α,β-unsaturated/α-hetero) is 1. The molecule has 0 saturated heterocycles. The largest absolute Gasteiger partial charge is 0.391 e. The van der Waals surface area contributed by atoms with Crippen LogP contribution in [0.15, 0.2) is 18.2 Å². The van der Waals surface area contributed by atoms with Crippen molar-refractivity contribution in [1.82, 2.24) is 0 Å². The number of ketones is 1. The smallest absolute Gasteiger partial charge is 0.299 e. The lowest BCUT2D eigenvalue weighted by Gasteiger charge is -2.29. The first kappa shape index (κ1) is 16.3. The van der Waals surface area contributed by atoms with Crippen LogP contribution in [0.5, 0.6) is 0 Å². The number of rotatable bonds is 3. The lowest BCUT2D eigenvalue weighted by molar-refractivity contribution is -0.186. The van der Waals surface area contributed by atoms with Crippen LogP contribution >= 0.6 is 11.6 Å². The van der Waals surface area contributed by atoms with Gasteiger partial charge in [0.25, 0.3) is 0 Å². The van der Waals surface area contributed by atoms with Gasteiger partial charge in [-0.25, -0.2) is 4.39 Å². The Morgan fingerprint density at radius 2 is 2.00 bits per heavy atom. The first-order valence-corrected chi connectivity index (χ1v) is 7.19. The van der Waals surface area contributed by atoms with Crippen LogP contribution in [-0.4, -0.2) is 12.0 Å². The standard InChI is InChI=1S/C15H15ClF4O/c16-12-6-2-4-10(14(12)17)8-13(21)9-3-1-5-11(7-9)15(18,19)20/h2,4,6,9,11H,1,3,5,7-8H2. The summed E-state index contributed by atoms with van der Waals surface area (Å²) < 4.78 is 51.9. The predicted octanol–water partition coefficient (Wildman–Crippen LogP) is 4.96. The van der Waals surface area contributed by atoms with Crippen LogP contribution in [0.4, 0.5) is 17.6 Å². The first-order chi connectivity index (χ1) is 9.79. The quantitative estimate of drug-likeness (QED) is 0.719. The molecule has 1 aromatic rings. The summed E-state index contributed by atoms with van der Waals surface area (Å²) in [6.07, 6.45) is -3.78. The van der Waals surface area contributed by atoms with E-state index in [9.17, 15) is 22.4 Å². The second-order valence-electron chi connectivity index (χ2n) is 5.46. The SMILES string of the molecule is O=C(Cc1cccc(Cl)c1F)C1CCCC(C(F)(F)F)C1. The number of halogens is 5. The molecule has 0 heterocycles. The average molecular weight is 323 g/mol. The molecule has 1 aromatic carbocycles. The summed E-state index contributed by atoms with van der Waals surface area (Å²) in [7, 11) is 0. The van der Waals surface area contributed by atoms with Crippen molar-refractivity contribution in [2.45, 2.75) is 38.3 Å². The molecule has 0 spiro atoms. The van der Waals surface area contributed by atoms with Crippen molar-refractivity contribution in [3.8, 4) is 0 Å². The molecular formula is C15H15ClF4O. The summed E-state index contributed by atoms with van der Waals surface area (Å²) in [6.45, 7) is 0. The van der Waals surface area contributed by atoms with E-state index >= 15 is 0 Å². The lowest BCUT2D eigenvalue weighted by atomic mass is 9.78. The Labute approximate surface area is 125 Å². The maximum atomic E-state index is 13.7. The second kappa shape index (κ2) is 6.34. The van der Waals surface area contributed by atoms with Crippen molar-refractivity contribution < 1.29 is 22.4 Å². The predicted molar refractivity (Wildman–Crippen MR) is 71.6 cm³/mol. The van der Waals surface area contributed by atoms with Crippen LogP contribution in [0, 0.1) is 17.7 Å². The Balaban J connectivity index is 2.05. The minimum atomic E-state index is -4.26. The van der Waals surface area contributed by atoms with E-state index in [1.165, 1.54) is 18.2 Å². The van der Waals surface area contributed by atoms with Crippen molar-refractivity contribution in [2.24, 2.45) is 11.8 Å². The van der Waals surface area contributed by atoms with Crippen LogP contribution in [0.1, 0.15) is 31.2 Å². The number of carbonyl (C=O) groups is 1. The summed E-state index contributed by atoms with van der Waals surface area (Å²) in [6, 6.07) is 4.32. The van der Waals surface area contributed by atoms with Crippen molar-refractivity contribution in [3.63, 3.8) is 0 Å². The number of carbonyl (C=O) groups excluding carboxylic acids is 1. The Hall–Kier alpha value is -1.10. The molecule has 6 heteroatoms. The highest BCUT2D eigenvalue weighted by Gasteiger charge is 2.43. The molecule has 0 radical (unpaired) electrons. The number of hydrogen-bond acceptors (Lipinski definition) is 1. The molecule has 2 atom stereocenters. The van der Waals surface area contributed by atoms with Gasteiger partial charge in [0.2, 0.25) is 0 Å². The minimum absolute atomic E-state index is 0.0683. The summed E-state index contributed by atoms with van der Waals surface area (Å²) in [5, 5.41) is -0.0860. The van der Waals surface area contributed by atoms with Crippen LogP contribution < -0.4 is 0 Å². The van der Waals surface area contributed by atoms with Gasteiger partial charge in [-0.15, -0.1) is 0 Å². The Bertz CT molecular complexity index is 527. The van der Waals surface area contributed by atoms with Gasteiger partial charge in [-0.1, -0.05) is 30.2 Å². The van der Waals surface area contributed by atoms with Crippen LogP contribution in [-0.2, 0) is 11.2 Å². The zero-order chi connectivity index (χ0) is 15.6. The van der Waals surface area contributed by atoms with E-state index < -0.39 is 23.8 Å². The lowest BCUT2D eigenvalue weighted by Crippen LogP contribution is -2.32. The molecule has 1 fully saturated rings. The van der Waals surface area contributed by atoms with Gasteiger partial charge in [-0.05, 0) is 30.9 Å². The van der Waals surface area contributed by atoms with Gasteiger partial charge in [0.1, 0.15) is 11.6 Å². The highest BCUT2D eigenvalue weighted by atomic mass is 35.5.